The molecule has 9 nitrogen and oxygen atoms in total. The van der Waals surface area contributed by atoms with Crippen molar-refractivity contribution >= 4 is 28.2 Å². The minimum Gasteiger partial charge on any atom is -0.368 e. The maximum Gasteiger partial charge on any atom is 0.488 e. The van der Waals surface area contributed by atoms with Crippen molar-refractivity contribution in [1.29, 1.82) is 0 Å². The SMILES string of the molecule is CCC(=O)N[C@@H](CNC(=O)c1ccc(OS(=O)(=O)F)cc1)C(N)=O. The molecule has 0 aliphatic rings. The predicted molar refractivity (Wildman–Crippen MR) is 80.8 cm³/mol. The third-order valence-electron chi connectivity index (χ3n) is 2.78. The molecular formula is C13H16FN3O6S. The van der Waals surface area contributed by atoms with E-state index in [1.807, 2.05) is 0 Å². The zero-order chi connectivity index (χ0) is 18.3. The second-order valence-corrected chi connectivity index (χ2v) is 5.54. The Balaban J connectivity index is 2.66. The smallest absolute Gasteiger partial charge is 0.368 e. The Morgan fingerprint density at radius 2 is 1.83 bits per heavy atom. The van der Waals surface area contributed by atoms with Crippen molar-refractivity contribution in [1.82, 2.24) is 10.6 Å². The first-order chi connectivity index (χ1) is 11.1. The van der Waals surface area contributed by atoms with Crippen molar-refractivity contribution in [2.24, 2.45) is 5.73 Å². The summed E-state index contributed by atoms with van der Waals surface area (Å²) in [6.45, 7) is 1.37. The van der Waals surface area contributed by atoms with Crippen LogP contribution in [-0.4, -0.2) is 38.7 Å². The third kappa shape index (κ3) is 6.60. The van der Waals surface area contributed by atoms with Crippen LogP contribution >= 0.6 is 0 Å². The van der Waals surface area contributed by atoms with E-state index in [0.29, 0.717) is 0 Å². The number of halogens is 1. The molecule has 0 aromatic heterocycles. The number of hydrogen-bond donors (Lipinski definition) is 3. The molecule has 4 N–H and O–H groups in total. The van der Waals surface area contributed by atoms with Crippen molar-refractivity contribution in [3.63, 3.8) is 0 Å². The molecule has 0 spiro atoms. The Morgan fingerprint density at radius 3 is 2.29 bits per heavy atom. The number of benzene rings is 1. The minimum absolute atomic E-state index is 0.101. The molecule has 0 aliphatic carbocycles. The van der Waals surface area contributed by atoms with Gasteiger partial charge in [-0.3, -0.25) is 14.4 Å². The lowest BCUT2D eigenvalue weighted by Gasteiger charge is -2.15. The first kappa shape index (κ1) is 19.4. The van der Waals surface area contributed by atoms with Gasteiger partial charge < -0.3 is 20.6 Å². The average Bonchev–Trinajstić information content (AvgIpc) is 2.49. The van der Waals surface area contributed by atoms with E-state index >= 15 is 0 Å². The van der Waals surface area contributed by atoms with Crippen molar-refractivity contribution < 1.29 is 30.9 Å². The van der Waals surface area contributed by atoms with Gasteiger partial charge >= 0.3 is 10.5 Å². The molecule has 0 unspecified atom stereocenters. The van der Waals surface area contributed by atoms with Crippen molar-refractivity contribution in [2.45, 2.75) is 19.4 Å². The number of nitrogens with one attached hydrogen (secondary N) is 2. The van der Waals surface area contributed by atoms with E-state index < -0.39 is 34.3 Å². The molecule has 1 aromatic carbocycles. The highest BCUT2D eigenvalue weighted by Crippen LogP contribution is 2.14. The standard InChI is InChI=1S/C13H16FN3O6S/c1-2-11(18)17-10(12(15)19)7-16-13(20)8-3-5-9(6-4-8)23-24(14,21)22/h3-6,10H,2,7H2,1H3,(H2,15,19)(H,16,20)(H,17,18)/t10-/m0/s1. The summed E-state index contributed by atoms with van der Waals surface area (Å²) >= 11 is 0. The molecule has 0 heterocycles. The van der Waals surface area contributed by atoms with Crippen LogP contribution in [0.15, 0.2) is 24.3 Å². The molecular weight excluding hydrogens is 345 g/mol. The number of hydrogen-bond acceptors (Lipinski definition) is 6. The molecule has 1 aromatic rings. The Morgan fingerprint density at radius 1 is 1.25 bits per heavy atom. The normalized spacial score (nSPS) is 12.1. The fraction of sp³-hybridized carbons (Fsp3) is 0.308. The van der Waals surface area contributed by atoms with Gasteiger partial charge in [0.2, 0.25) is 11.8 Å². The Labute approximate surface area is 137 Å². The maximum atomic E-state index is 12.3. The highest BCUT2D eigenvalue weighted by molar-refractivity contribution is 7.81. The molecule has 0 saturated carbocycles. The lowest BCUT2D eigenvalue weighted by molar-refractivity contribution is -0.127. The number of amides is 3. The van der Waals surface area contributed by atoms with Gasteiger partial charge in [-0.25, -0.2) is 0 Å². The molecule has 1 atom stereocenters. The highest BCUT2D eigenvalue weighted by Gasteiger charge is 2.18. The lowest BCUT2D eigenvalue weighted by Crippen LogP contribution is -2.51. The Kier molecular flexibility index (Phi) is 6.65. The van der Waals surface area contributed by atoms with E-state index in [4.69, 9.17) is 5.73 Å². The number of nitrogens with two attached hydrogens (primary N) is 1. The molecule has 24 heavy (non-hydrogen) atoms. The van der Waals surface area contributed by atoms with E-state index in [2.05, 4.69) is 14.8 Å². The van der Waals surface area contributed by atoms with Crippen LogP contribution in [0, 0.1) is 0 Å². The number of carbonyl (C=O) groups is 3. The van der Waals surface area contributed by atoms with Gasteiger partial charge in [0.25, 0.3) is 5.91 Å². The molecule has 11 heteroatoms. The molecule has 132 valence electrons. The van der Waals surface area contributed by atoms with Crippen LogP contribution in [-0.2, 0) is 20.1 Å². The van der Waals surface area contributed by atoms with Crippen LogP contribution in [0.25, 0.3) is 0 Å². The predicted octanol–water partition coefficient (Wildman–Crippen LogP) is -0.610. The number of primary amides is 1. The van der Waals surface area contributed by atoms with Gasteiger partial charge in [0.15, 0.2) is 0 Å². The molecule has 0 fully saturated rings. The highest BCUT2D eigenvalue weighted by atomic mass is 32.3. The zero-order valence-electron chi connectivity index (χ0n) is 12.6. The van der Waals surface area contributed by atoms with Gasteiger partial charge in [-0.15, -0.1) is 0 Å². The lowest BCUT2D eigenvalue weighted by atomic mass is 10.2. The summed E-state index contributed by atoms with van der Waals surface area (Å²) in [6.07, 6.45) is 0.149. The van der Waals surface area contributed by atoms with Crippen molar-refractivity contribution in [3.05, 3.63) is 29.8 Å². The summed E-state index contributed by atoms with van der Waals surface area (Å²) in [6, 6.07) is 3.48. The number of rotatable bonds is 8. The van der Waals surface area contributed by atoms with Crippen molar-refractivity contribution in [2.75, 3.05) is 6.54 Å². The molecule has 0 radical (unpaired) electrons. The van der Waals surface area contributed by atoms with Crippen LogP contribution in [0.5, 0.6) is 5.75 Å². The second-order valence-electron chi connectivity index (χ2n) is 4.59. The van der Waals surface area contributed by atoms with E-state index in [1.165, 1.54) is 12.1 Å². The maximum absolute atomic E-state index is 12.3. The molecule has 0 aliphatic heterocycles. The average molecular weight is 361 g/mol. The minimum atomic E-state index is -5.15. The van der Waals surface area contributed by atoms with Gasteiger partial charge in [0.1, 0.15) is 11.8 Å². The summed E-state index contributed by atoms with van der Waals surface area (Å²) in [5.41, 5.74) is 5.23. The fourth-order valence-corrected chi connectivity index (χ4v) is 1.93. The summed E-state index contributed by atoms with van der Waals surface area (Å²) in [5, 5.41) is 4.74. The summed E-state index contributed by atoms with van der Waals surface area (Å²) in [4.78, 5) is 34.4. The van der Waals surface area contributed by atoms with Gasteiger partial charge in [-0.1, -0.05) is 10.8 Å². The molecule has 0 saturated heterocycles. The van der Waals surface area contributed by atoms with Gasteiger partial charge in [0, 0.05) is 18.5 Å². The quantitative estimate of drug-likeness (QED) is 0.527. The monoisotopic (exact) mass is 361 g/mol. The largest absolute Gasteiger partial charge is 0.488 e. The first-order valence-corrected chi connectivity index (χ1v) is 8.04. The van der Waals surface area contributed by atoms with Crippen LogP contribution in [0.4, 0.5) is 3.89 Å². The molecule has 0 bridgehead atoms. The van der Waals surface area contributed by atoms with Crippen molar-refractivity contribution in [3.8, 4) is 5.75 Å². The van der Waals surface area contributed by atoms with Crippen LogP contribution < -0.4 is 20.6 Å². The topological polar surface area (TPSA) is 145 Å². The van der Waals surface area contributed by atoms with E-state index in [0.717, 1.165) is 12.1 Å². The van der Waals surface area contributed by atoms with Gasteiger partial charge in [0.05, 0.1) is 0 Å². The van der Waals surface area contributed by atoms with E-state index in [-0.39, 0.29) is 24.3 Å². The van der Waals surface area contributed by atoms with Crippen LogP contribution in [0.2, 0.25) is 0 Å². The fourth-order valence-electron chi connectivity index (χ4n) is 1.59. The molecule has 3 amide bonds. The molecule has 1 rings (SSSR count). The zero-order valence-corrected chi connectivity index (χ0v) is 13.4. The van der Waals surface area contributed by atoms with Crippen LogP contribution in [0.1, 0.15) is 23.7 Å². The summed E-state index contributed by atoms with van der Waals surface area (Å²) in [7, 11) is -5.15. The Bertz CT molecular complexity index is 720. The second kappa shape index (κ2) is 8.24. The summed E-state index contributed by atoms with van der Waals surface area (Å²) in [5.74, 6) is -2.13. The van der Waals surface area contributed by atoms with E-state index in [9.17, 15) is 26.7 Å². The summed E-state index contributed by atoms with van der Waals surface area (Å²) < 4.78 is 37.0. The van der Waals surface area contributed by atoms with Gasteiger partial charge in [-0.05, 0) is 24.3 Å². The first-order valence-electron chi connectivity index (χ1n) is 6.73. The Hall–Kier alpha value is -2.69. The van der Waals surface area contributed by atoms with E-state index in [1.54, 1.807) is 6.92 Å². The van der Waals surface area contributed by atoms with Crippen LogP contribution in [0.3, 0.4) is 0 Å². The third-order valence-corrected chi connectivity index (χ3v) is 3.17. The van der Waals surface area contributed by atoms with Gasteiger partial charge in [-0.2, -0.15) is 8.42 Å². The number of carbonyl (C=O) groups excluding carboxylic acids is 3.